The maximum absolute atomic E-state index is 9.23. The number of benzene rings is 1. The number of hydrogen-bond donors (Lipinski definition) is 1. The normalized spacial score (nSPS) is 23.6. The monoisotopic (exact) mass is 211 g/mol. The van der Waals surface area contributed by atoms with Crippen LogP contribution in [0.2, 0.25) is 0 Å². The summed E-state index contributed by atoms with van der Waals surface area (Å²) in [5.41, 5.74) is 1.89. The molecule has 1 aliphatic carbocycles. The third-order valence-corrected chi connectivity index (χ3v) is 2.90. The van der Waals surface area contributed by atoms with Crippen LogP contribution in [0.3, 0.4) is 0 Å². The SMILES string of the molecule is CC1C=C(C#N)C=CC1c1ccc(O)cc1. The predicted molar refractivity (Wildman–Crippen MR) is 62.8 cm³/mol. The van der Waals surface area contributed by atoms with Gasteiger partial charge >= 0.3 is 0 Å². The Kier molecular flexibility index (Phi) is 2.78. The zero-order valence-corrected chi connectivity index (χ0v) is 9.09. The molecule has 0 heterocycles. The standard InChI is InChI=1S/C14H13NO/c1-10-8-11(9-15)2-7-14(10)12-3-5-13(16)6-4-12/h2-8,10,14,16H,1H3. The number of aromatic hydroxyl groups is 1. The molecule has 1 aromatic carbocycles. The molecule has 16 heavy (non-hydrogen) atoms. The van der Waals surface area contributed by atoms with Crippen molar-refractivity contribution in [1.29, 1.82) is 5.26 Å². The summed E-state index contributed by atoms with van der Waals surface area (Å²) in [6.07, 6.45) is 5.89. The van der Waals surface area contributed by atoms with Gasteiger partial charge in [0.2, 0.25) is 0 Å². The second kappa shape index (κ2) is 4.24. The summed E-state index contributed by atoms with van der Waals surface area (Å²) in [5.74, 6) is 0.881. The van der Waals surface area contributed by atoms with E-state index in [0.717, 1.165) is 11.1 Å². The Morgan fingerprint density at radius 2 is 1.94 bits per heavy atom. The van der Waals surface area contributed by atoms with Crippen LogP contribution in [0.1, 0.15) is 18.4 Å². The number of allylic oxidation sites excluding steroid dienone is 4. The quantitative estimate of drug-likeness (QED) is 0.775. The molecule has 0 saturated carbocycles. The number of rotatable bonds is 1. The molecule has 80 valence electrons. The minimum atomic E-state index is 0.282. The molecule has 1 aromatic rings. The van der Waals surface area contributed by atoms with Gasteiger partial charge in [-0.3, -0.25) is 0 Å². The first-order chi connectivity index (χ1) is 7.70. The van der Waals surface area contributed by atoms with Crippen molar-refractivity contribution in [2.75, 3.05) is 0 Å². The van der Waals surface area contributed by atoms with E-state index in [1.165, 1.54) is 0 Å². The Hall–Kier alpha value is -2.01. The van der Waals surface area contributed by atoms with E-state index in [4.69, 9.17) is 5.26 Å². The van der Waals surface area contributed by atoms with Crippen LogP contribution in [0.5, 0.6) is 5.75 Å². The lowest BCUT2D eigenvalue weighted by atomic mass is 9.82. The van der Waals surface area contributed by atoms with E-state index >= 15 is 0 Å². The molecule has 2 nitrogen and oxygen atoms in total. The molecular weight excluding hydrogens is 198 g/mol. The first kappa shape index (κ1) is 10.5. The lowest BCUT2D eigenvalue weighted by Crippen LogP contribution is -2.08. The summed E-state index contributed by atoms with van der Waals surface area (Å²) in [6.45, 7) is 2.10. The molecule has 0 aromatic heterocycles. The van der Waals surface area contributed by atoms with E-state index in [1.807, 2.05) is 24.3 Å². The average Bonchev–Trinajstić information content (AvgIpc) is 2.30. The third kappa shape index (κ3) is 1.99. The van der Waals surface area contributed by atoms with Gasteiger partial charge in [0.1, 0.15) is 5.75 Å². The van der Waals surface area contributed by atoms with Gasteiger partial charge < -0.3 is 5.11 Å². The highest BCUT2D eigenvalue weighted by Gasteiger charge is 2.18. The van der Waals surface area contributed by atoms with E-state index in [0.29, 0.717) is 5.92 Å². The van der Waals surface area contributed by atoms with Gasteiger partial charge in [0.25, 0.3) is 0 Å². The minimum absolute atomic E-state index is 0.282. The van der Waals surface area contributed by atoms with Crippen LogP contribution in [-0.2, 0) is 0 Å². The van der Waals surface area contributed by atoms with Gasteiger partial charge in [-0.2, -0.15) is 5.26 Å². The number of nitriles is 1. The Bertz CT molecular complexity index is 476. The number of hydrogen-bond acceptors (Lipinski definition) is 2. The summed E-state index contributed by atoms with van der Waals surface area (Å²) in [6, 6.07) is 9.38. The predicted octanol–water partition coefficient (Wildman–Crippen LogP) is 3.13. The zero-order chi connectivity index (χ0) is 11.5. The van der Waals surface area contributed by atoms with Crippen LogP contribution >= 0.6 is 0 Å². The highest BCUT2D eigenvalue weighted by atomic mass is 16.3. The van der Waals surface area contributed by atoms with Crippen molar-refractivity contribution in [3.63, 3.8) is 0 Å². The van der Waals surface area contributed by atoms with Crippen LogP contribution in [0.4, 0.5) is 0 Å². The molecule has 0 bridgehead atoms. The number of nitrogens with zero attached hydrogens (tertiary/aromatic N) is 1. The molecule has 0 saturated heterocycles. The molecule has 0 fully saturated rings. The first-order valence-electron chi connectivity index (χ1n) is 5.30. The molecule has 0 radical (unpaired) electrons. The summed E-state index contributed by atoms with van der Waals surface area (Å²) >= 11 is 0. The maximum atomic E-state index is 9.23. The Balaban J connectivity index is 2.26. The summed E-state index contributed by atoms with van der Waals surface area (Å²) in [5, 5.41) is 18.0. The van der Waals surface area contributed by atoms with Gasteiger partial charge in [-0.05, 0) is 29.7 Å². The van der Waals surface area contributed by atoms with Crippen LogP contribution in [0, 0.1) is 17.2 Å². The Morgan fingerprint density at radius 1 is 1.25 bits per heavy atom. The molecule has 0 amide bonds. The lowest BCUT2D eigenvalue weighted by Gasteiger charge is -2.21. The highest BCUT2D eigenvalue weighted by molar-refractivity contribution is 5.41. The Labute approximate surface area is 95.2 Å². The summed E-state index contributed by atoms with van der Waals surface area (Å²) in [4.78, 5) is 0. The fourth-order valence-corrected chi connectivity index (χ4v) is 2.01. The molecule has 2 heteroatoms. The third-order valence-electron chi connectivity index (χ3n) is 2.90. The first-order valence-corrected chi connectivity index (χ1v) is 5.30. The topological polar surface area (TPSA) is 44.0 Å². The molecular formula is C14H13NO. The second-order valence-corrected chi connectivity index (χ2v) is 4.07. The van der Waals surface area contributed by atoms with E-state index in [9.17, 15) is 5.11 Å². The van der Waals surface area contributed by atoms with Crippen molar-refractivity contribution in [2.24, 2.45) is 5.92 Å². The maximum Gasteiger partial charge on any atom is 0.115 e. The molecule has 0 aliphatic heterocycles. The molecule has 0 spiro atoms. The fourth-order valence-electron chi connectivity index (χ4n) is 2.01. The minimum Gasteiger partial charge on any atom is -0.508 e. The highest BCUT2D eigenvalue weighted by Crippen LogP contribution is 2.32. The zero-order valence-electron chi connectivity index (χ0n) is 9.09. The van der Waals surface area contributed by atoms with E-state index < -0.39 is 0 Å². The van der Waals surface area contributed by atoms with Crippen molar-refractivity contribution in [1.82, 2.24) is 0 Å². The van der Waals surface area contributed by atoms with Crippen LogP contribution in [-0.4, -0.2) is 5.11 Å². The van der Waals surface area contributed by atoms with E-state index in [2.05, 4.69) is 19.1 Å². The van der Waals surface area contributed by atoms with Gasteiger partial charge in [-0.25, -0.2) is 0 Å². The smallest absolute Gasteiger partial charge is 0.115 e. The molecule has 1 N–H and O–H groups in total. The molecule has 2 atom stereocenters. The van der Waals surface area contributed by atoms with Crippen LogP contribution in [0.25, 0.3) is 0 Å². The van der Waals surface area contributed by atoms with Gasteiger partial charge in [-0.1, -0.05) is 31.2 Å². The van der Waals surface area contributed by atoms with Crippen LogP contribution in [0.15, 0.2) is 48.1 Å². The molecule has 2 rings (SSSR count). The number of phenols is 1. The van der Waals surface area contributed by atoms with Crippen molar-refractivity contribution >= 4 is 0 Å². The van der Waals surface area contributed by atoms with Gasteiger partial charge in [-0.15, -0.1) is 0 Å². The average molecular weight is 211 g/mol. The Morgan fingerprint density at radius 3 is 2.50 bits per heavy atom. The molecule has 1 aliphatic rings. The second-order valence-electron chi connectivity index (χ2n) is 4.07. The van der Waals surface area contributed by atoms with E-state index in [-0.39, 0.29) is 11.7 Å². The molecule has 2 unspecified atom stereocenters. The van der Waals surface area contributed by atoms with Crippen molar-refractivity contribution in [3.05, 3.63) is 53.6 Å². The van der Waals surface area contributed by atoms with Gasteiger partial charge in [0, 0.05) is 11.5 Å². The van der Waals surface area contributed by atoms with Crippen molar-refractivity contribution < 1.29 is 5.11 Å². The van der Waals surface area contributed by atoms with Crippen molar-refractivity contribution in [3.8, 4) is 11.8 Å². The van der Waals surface area contributed by atoms with Crippen molar-refractivity contribution in [2.45, 2.75) is 12.8 Å². The lowest BCUT2D eigenvalue weighted by molar-refractivity contribution is 0.474. The van der Waals surface area contributed by atoms with Crippen LogP contribution < -0.4 is 0 Å². The van der Waals surface area contributed by atoms with Gasteiger partial charge in [0.05, 0.1) is 6.07 Å². The van der Waals surface area contributed by atoms with Gasteiger partial charge in [0.15, 0.2) is 0 Å². The summed E-state index contributed by atoms with van der Waals surface area (Å²) in [7, 11) is 0. The number of phenolic OH excluding ortho intramolecular Hbond substituents is 1. The largest absolute Gasteiger partial charge is 0.508 e. The van der Waals surface area contributed by atoms with E-state index in [1.54, 1.807) is 12.1 Å². The fraction of sp³-hybridized carbons (Fsp3) is 0.214. The summed E-state index contributed by atoms with van der Waals surface area (Å²) < 4.78 is 0.